The van der Waals surface area contributed by atoms with E-state index in [9.17, 15) is 15.0 Å². The van der Waals surface area contributed by atoms with Crippen molar-refractivity contribution in [1.82, 2.24) is 15.0 Å². The molecule has 3 aromatic rings. The van der Waals surface area contributed by atoms with Crippen LogP contribution in [0.4, 0.5) is 18.9 Å². The summed E-state index contributed by atoms with van der Waals surface area (Å²) in [6.45, 7) is 8.31. The third-order valence-electron chi connectivity index (χ3n) is 12.3. The lowest BCUT2D eigenvalue weighted by molar-refractivity contribution is -0.582. The van der Waals surface area contributed by atoms with Crippen LogP contribution in [0.1, 0.15) is 58.6 Å². The number of hydrogen-bond donors (Lipinski definition) is 2. The third kappa shape index (κ3) is 4.53. The van der Waals surface area contributed by atoms with Gasteiger partial charge in [0.2, 0.25) is 0 Å². The van der Waals surface area contributed by atoms with Gasteiger partial charge in [-0.25, -0.2) is 27.2 Å². The van der Waals surface area contributed by atoms with E-state index in [1.807, 2.05) is 24.3 Å². The second-order valence-electron chi connectivity index (χ2n) is 15.1. The van der Waals surface area contributed by atoms with Gasteiger partial charge < -0.3 is 15.1 Å². The van der Waals surface area contributed by atoms with Crippen LogP contribution in [0, 0.1) is 35.2 Å². The Hall–Kier alpha value is -4.29. The Labute approximate surface area is 288 Å². The maximum Gasteiger partial charge on any atom is 0.339 e. The lowest BCUT2D eigenvalue weighted by Crippen LogP contribution is -2.50. The molecule has 6 aliphatic rings. The van der Waals surface area contributed by atoms with Crippen LogP contribution in [0.25, 0.3) is 11.3 Å². The summed E-state index contributed by atoms with van der Waals surface area (Å²) in [4.78, 5) is 15.2. The number of nitrogens with zero attached hydrogens (tertiary/aromatic N) is 5. The first-order valence-corrected chi connectivity index (χ1v) is 20.8. The van der Waals surface area contributed by atoms with Crippen molar-refractivity contribution in [3.8, 4) is 5.69 Å². The maximum atomic E-state index is 17.5. The summed E-state index contributed by atoms with van der Waals surface area (Å²) in [7, 11) is -2.49. The number of aliphatic hydroxyl groups is 1. The molecule has 0 unspecified atom stereocenters. The fraction of sp³-hybridized carbons (Fsp3) is 0.421. The number of hydrogen-bond acceptors (Lipinski definition) is 5. The second kappa shape index (κ2) is 11.4. The monoisotopic (exact) mass is 698 g/mol. The van der Waals surface area contributed by atoms with E-state index >= 15 is 13.2 Å². The zero-order chi connectivity index (χ0) is 34.6. The first-order chi connectivity index (χ1) is 24.1. The fourth-order valence-electron chi connectivity index (χ4n) is 9.12. The van der Waals surface area contributed by atoms with E-state index in [0.717, 1.165) is 71.9 Å². The van der Waals surface area contributed by atoms with E-state index in [0.29, 0.717) is 53.6 Å². The molecule has 0 radical (unpaired) electrons. The van der Waals surface area contributed by atoms with Crippen LogP contribution in [0.3, 0.4) is 0 Å². The van der Waals surface area contributed by atoms with Gasteiger partial charge in [0.05, 0.1) is 17.8 Å². The normalized spacial score (nSPS) is 24.6. The van der Waals surface area contributed by atoms with Gasteiger partial charge in [0, 0.05) is 43.1 Å². The van der Waals surface area contributed by atoms with Crippen molar-refractivity contribution in [2.75, 3.05) is 37.7 Å². The largest absolute Gasteiger partial charge is 0.478 e. The Morgan fingerprint density at radius 1 is 1.02 bits per heavy atom. The minimum Gasteiger partial charge on any atom is -0.478 e. The lowest BCUT2D eigenvalue weighted by atomic mass is 9.86. The second-order valence-corrected chi connectivity index (χ2v) is 19.5. The molecule has 3 aliphatic carbocycles. The van der Waals surface area contributed by atoms with E-state index in [1.165, 1.54) is 0 Å². The van der Waals surface area contributed by atoms with Gasteiger partial charge in [-0.05, 0) is 95.2 Å². The van der Waals surface area contributed by atoms with E-state index in [1.54, 1.807) is 0 Å². The highest BCUT2D eigenvalue weighted by Gasteiger charge is 2.49. The number of aromatic carboxylic acids is 1. The molecule has 258 valence electrons. The fourth-order valence-corrected chi connectivity index (χ4v) is 12.2. The number of aliphatic hydroxyl groups excluding tert-OH is 1. The zero-order valence-corrected chi connectivity index (χ0v) is 29.1. The molecule has 3 fully saturated rings. The first kappa shape index (κ1) is 31.7. The highest BCUT2D eigenvalue weighted by Crippen LogP contribution is 2.53. The van der Waals surface area contributed by atoms with Gasteiger partial charge in [0.1, 0.15) is 32.4 Å². The van der Waals surface area contributed by atoms with Gasteiger partial charge >= 0.3 is 5.97 Å². The summed E-state index contributed by atoms with van der Waals surface area (Å²) in [5, 5.41) is 30.7. The molecule has 8 nitrogen and oxygen atoms in total. The summed E-state index contributed by atoms with van der Waals surface area (Å²) in [5.41, 5.74) is 2.41. The lowest BCUT2D eigenvalue weighted by Gasteiger charge is -2.40. The smallest absolute Gasteiger partial charge is 0.339 e. The molecule has 50 heavy (non-hydrogen) atoms. The molecule has 2 aromatic carbocycles. The number of carbonyl (C=O) groups is 1. The molecule has 1 saturated carbocycles. The number of allylic oxidation sites excluding steroid dienone is 5. The van der Waals surface area contributed by atoms with E-state index in [-0.39, 0.29) is 18.1 Å². The highest BCUT2D eigenvalue weighted by molar-refractivity contribution is 6.98. The van der Waals surface area contributed by atoms with Gasteiger partial charge in [-0.3, -0.25) is 0 Å². The summed E-state index contributed by atoms with van der Waals surface area (Å²) >= 11 is 0. The summed E-state index contributed by atoms with van der Waals surface area (Å²) < 4.78 is 53.5. The number of halogens is 3. The van der Waals surface area contributed by atoms with Crippen LogP contribution in [0.5, 0.6) is 0 Å². The number of aryl methyl sites for hydroxylation is 1. The number of fused-ring (bicyclic) bond motifs is 4. The average Bonchev–Trinajstić information content (AvgIpc) is 3.56. The first-order valence-electron chi connectivity index (χ1n) is 17.8. The van der Waals surface area contributed by atoms with Crippen LogP contribution in [0.2, 0.25) is 13.1 Å². The zero-order valence-electron chi connectivity index (χ0n) is 28.1. The summed E-state index contributed by atoms with van der Waals surface area (Å²) in [5.74, 6) is -5.29. The van der Waals surface area contributed by atoms with Gasteiger partial charge in [-0.2, -0.15) is 0 Å². The number of carboxylic acids is 1. The number of rotatable bonds is 5. The SMILES string of the molecule is C[Si]1(C)C2=CC(=[N+]3CCC3)C=CC2=C(c2c(F)c(-n3nnc4c3CC[C@H]3[C@@H](CO)[C@H]3CC4)c(F)c(F)c2C(=O)O)c2ccc(N3CCC3)cc21. The molecule has 2 saturated heterocycles. The van der Waals surface area contributed by atoms with Gasteiger partial charge in [0.25, 0.3) is 0 Å². The van der Waals surface area contributed by atoms with Crippen LogP contribution >= 0.6 is 0 Å². The number of anilines is 1. The van der Waals surface area contributed by atoms with E-state index in [2.05, 4.69) is 45.0 Å². The van der Waals surface area contributed by atoms with Crippen LogP contribution < -0.4 is 10.1 Å². The van der Waals surface area contributed by atoms with Crippen molar-refractivity contribution in [3.05, 3.63) is 92.7 Å². The molecular formula is C38H39F3N5O3Si+. The quantitative estimate of drug-likeness (QED) is 0.223. The van der Waals surface area contributed by atoms with Gasteiger partial charge in [-0.1, -0.05) is 24.4 Å². The average molecular weight is 699 g/mol. The predicted molar refractivity (Wildman–Crippen MR) is 186 cm³/mol. The van der Waals surface area contributed by atoms with Gasteiger partial charge in [0.15, 0.2) is 23.2 Å². The van der Waals surface area contributed by atoms with Crippen LogP contribution in [-0.2, 0) is 12.8 Å². The van der Waals surface area contributed by atoms with Crippen molar-refractivity contribution in [1.29, 1.82) is 0 Å². The summed E-state index contributed by atoms with van der Waals surface area (Å²) in [6.07, 6.45) is 10.6. The Bertz CT molecular complexity index is 2140. The molecular weight excluding hydrogens is 660 g/mol. The van der Waals surface area contributed by atoms with Crippen molar-refractivity contribution >= 4 is 36.2 Å². The number of carboxylic acid groups (broad SMARTS) is 1. The Balaban J connectivity index is 1.30. The standard InChI is InChI=1S/C38H38F3N5O3Si/c1-50(2)29-17-20(44-13-3-14-44)5-7-24(29)31(25-8-6-21(18-30(25)50)45-15-4-16-45)32-33(38(48)49)34(39)36(41)37(35(32)40)46-28-12-10-23-22(26(23)19-47)9-11-27(28)42-43-46/h5-8,17-18,22-23,26,47H,3-4,9-16,19H2,1-2H3/p+1/t22-,23+,26-/m0/s1. The molecule has 4 heterocycles. The Kier molecular flexibility index (Phi) is 7.20. The molecule has 0 bridgehead atoms. The van der Waals surface area contributed by atoms with Crippen molar-refractivity contribution in [3.63, 3.8) is 0 Å². The minimum absolute atomic E-state index is 0.0972. The predicted octanol–water partition coefficient (Wildman–Crippen LogP) is 4.95. The Morgan fingerprint density at radius 2 is 1.78 bits per heavy atom. The molecule has 0 spiro atoms. The van der Waals surface area contributed by atoms with Crippen LogP contribution in [0.15, 0.2) is 47.2 Å². The molecule has 1 aromatic heterocycles. The van der Waals surface area contributed by atoms with Crippen molar-refractivity contribution < 1.29 is 32.8 Å². The molecule has 12 heteroatoms. The number of benzene rings is 2. The maximum absolute atomic E-state index is 17.5. The van der Waals surface area contributed by atoms with Crippen LogP contribution in [-0.4, -0.2) is 82.3 Å². The highest BCUT2D eigenvalue weighted by atomic mass is 28.3. The minimum atomic E-state index is -2.49. The van der Waals surface area contributed by atoms with Crippen molar-refractivity contribution in [2.45, 2.75) is 51.6 Å². The summed E-state index contributed by atoms with van der Waals surface area (Å²) in [6, 6.07) is 6.01. The van der Waals surface area contributed by atoms with Crippen molar-refractivity contribution in [2.24, 2.45) is 17.8 Å². The number of aromatic nitrogens is 3. The van der Waals surface area contributed by atoms with Gasteiger partial charge in [-0.15, -0.1) is 5.10 Å². The molecule has 3 atom stereocenters. The molecule has 3 aliphatic heterocycles. The molecule has 2 N–H and O–H groups in total. The Morgan fingerprint density at radius 3 is 2.44 bits per heavy atom. The van der Waals surface area contributed by atoms with E-state index < -0.39 is 48.3 Å². The molecule has 9 rings (SSSR count). The topological polar surface area (TPSA) is 94.5 Å². The molecule has 0 amide bonds. The third-order valence-corrected chi connectivity index (χ3v) is 15.8. The van der Waals surface area contributed by atoms with E-state index in [4.69, 9.17) is 0 Å².